The van der Waals surface area contributed by atoms with Crippen LogP contribution in [0.25, 0.3) is 0 Å². The van der Waals surface area contributed by atoms with Crippen LogP contribution >= 0.6 is 11.8 Å². The largest absolute Gasteiger partial charge is 0.324 e. The predicted octanol–water partition coefficient (Wildman–Crippen LogP) is 3.06. The number of aromatic nitrogens is 3. The fourth-order valence-electron chi connectivity index (χ4n) is 2.00. The van der Waals surface area contributed by atoms with Crippen LogP contribution in [0.3, 0.4) is 0 Å². The minimum absolute atomic E-state index is 0.209. The molecule has 2 N–H and O–H groups in total. The summed E-state index contributed by atoms with van der Waals surface area (Å²) in [4.78, 5) is 0. The number of nitrogens with zero attached hydrogens (tertiary/aromatic N) is 3. The van der Waals surface area contributed by atoms with Crippen LogP contribution in [0.15, 0.2) is 23.4 Å². The number of rotatable bonds is 5. The molecule has 0 saturated carbocycles. The van der Waals surface area contributed by atoms with Gasteiger partial charge in [0.05, 0.1) is 6.54 Å². The second kappa shape index (κ2) is 6.37. The Morgan fingerprint density at radius 3 is 2.75 bits per heavy atom. The lowest BCUT2D eigenvalue weighted by Crippen LogP contribution is -2.11. The Balaban J connectivity index is 2.19. The van der Waals surface area contributed by atoms with Crippen LogP contribution in [0.1, 0.15) is 36.8 Å². The molecule has 2 rings (SSSR count). The first-order chi connectivity index (χ1) is 9.52. The van der Waals surface area contributed by atoms with Crippen LogP contribution in [-0.4, -0.2) is 14.8 Å². The van der Waals surface area contributed by atoms with Gasteiger partial charge >= 0.3 is 0 Å². The molecule has 0 saturated heterocycles. The Labute approximate surface area is 122 Å². The Bertz CT molecular complexity index is 595. The van der Waals surface area contributed by atoms with E-state index in [-0.39, 0.29) is 11.9 Å². The molecule has 2 aromatic rings. The molecule has 0 spiro atoms. The number of nitrogens with two attached hydrogens (primary N) is 1. The zero-order valence-corrected chi connectivity index (χ0v) is 12.7. The summed E-state index contributed by atoms with van der Waals surface area (Å²) in [6.07, 6.45) is 0. The monoisotopic (exact) mass is 294 g/mol. The van der Waals surface area contributed by atoms with Crippen molar-refractivity contribution >= 4 is 11.8 Å². The molecule has 0 aliphatic carbocycles. The normalized spacial score (nSPS) is 11.3. The quantitative estimate of drug-likeness (QED) is 0.861. The number of halogens is 1. The molecule has 1 heterocycles. The highest BCUT2D eigenvalue weighted by Crippen LogP contribution is 2.26. The van der Waals surface area contributed by atoms with E-state index >= 15 is 0 Å². The van der Waals surface area contributed by atoms with E-state index in [2.05, 4.69) is 24.0 Å². The number of benzene rings is 1. The Hall–Kier alpha value is -1.40. The molecule has 0 aliphatic rings. The van der Waals surface area contributed by atoms with Gasteiger partial charge in [-0.05, 0) is 44.0 Å². The molecule has 0 fully saturated rings. The van der Waals surface area contributed by atoms with Crippen molar-refractivity contribution < 1.29 is 4.39 Å². The summed E-state index contributed by atoms with van der Waals surface area (Å²) in [6.45, 7) is 6.48. The van der Waals surface area contributed by atoms with Gasteiger partial charge in [-0.1, -0.05) is 17.8 Å². The van der Waals surface area contributed by atoms with Crippen LogP contribution in [0.5, 0.6) is 0 Å². The van der Waals surface area contributed by atoms with Crippen molar-refractivity contribution in [3.63, 3.8) is 0 Å². The van der Waals surface area contributed by atoms with Crippen LogP contribution in [-0.2, 0) is 12.3 Å². The molecule has 0 aliphatic heterocycles. The van der Waals surface area contributed by atoms with E-state index in [1.165, 1.54) is 6.07 Å². The third-order valence-corrected chi connectivity index (χ3v) is 4.09. The van der Waals surface area contributed by atoms with Gasteiger partial charge in [-0.2, -0.15) is 0 Å². The van der Waals surface area contributed by atoms with Crippen molar-refractivity contribution in [3.8, 4) is 0 Å². The van der Waals surface area contributed by atoms with Crippen molar-refractivity contribution in [3.05, 3.63) is 41.0 Å². The molecule has 0 unspecified atom stereocenters. The van der Waals surface area contributed by atoms with Gasteiger partial charge in [-0.3, -0.25) is 0 Å². The zero-order valence-electron chi connectivity index (χ0n) is 11.9. The number of hydrogen-bond acceptors (Lipinski definition) is 4. The molecule has 6 heteroatoms. The first kappa shape index (κ1) is 15.0. The van der Waals surface area contributed by atoms with E-state index in [9.17, 15) is 4.39 Å². The number of aryl methyl sites for hydroxylation is 1. The summed E-state index contributed by atoms with van der Waals surface area (Å²) >= 11 is 1.55. The standard InChI is InChI=1S/C14H19FN4S/c1-9(2)19-13(7-16)17-18-14(19)20-8-11-6-12(15)5-4-10(11)3/h4-6,9H,7-8,16H2,1-3H3. The SMILES string of the molecule is Cc1ccc(F)cc1CSc1nnc(CN)n1C(C)C. The summed E-state index contributed by atoms with van der Waals surface area (Å²) in [5, 5.41) is 9.10. The molecule has 108 valence electrons. The molecule has 0 bridgehead atoms. The smallest absolute Gasteiger partial charge is 0.191 e. The Morgan fingerprint density at radius 2 is 2.10 bits per heavy atom. The molecular formula is C14H19FN4S. The first-order valence-electron chi connectivity index (χ1n) is 6.54. The molecule has 20 heavy (non-hydrogen) atoms. The highest BCUT2D eigenvalue weighted by Gasteiger charge is 2.14. The molecular weight excluding hydrogens is 275 g/mol. The van der Waals surface area contributed by atoms with E-state index < -0.39 is 0 Å². The minimum atomic E-state index is -0.209. The topological polar surface area (TPSA) is 56.7 Å². The summed E-state index contributed by atoms with van der Waals surface area (Å²) in [6, 6.07) is 5.10. The highest BCUT2D eigenvalue weighted by molar-refractivity contribution is 7.98. The maximum absolute atomic E-state index is 13.3. The maximum Gasteiger partial charge on any atom is 0.191 e. The predicted molar refractivity (Wildman–Crippen MR) is 79.0 cm³/mol. The summed E-state index contributed by atoms with van der Waals surface area (Å²) < 4.78 is 15.3. The van der Waals surface area contributed by atoms with E-state index in [1.807, 2.05) is 11.5 Å². The van der Waals surface area contributed by atoms with Gasteiger partial charge in [0.2, 0.25) is 0 Å². The van der Waals surface area contributed by atoms with Crippen molar-refractivity contribution in [1.29, 1.82) is 0 Å². The zero-order chi connectivity index (χ0) is 14.7. The lowest BCUT2D eigenvalue weighted by atomic mass is 10.1. The molecule has 0 atom stereocenters. The third-order valence-electron chi connectivity index (χ3n) is 3.10. The van der Waals surface area contributed by atoms with Crippen molar-refractivity contribution in [2.75, 3.05) is 0 Å². The first-order valence-corrected chi connectivity index (χ1v) is 7.53. The molecule has 0 radical (unpaired) electrons. The molecule has 1 aromatic heterocycles. The maximum atomic E-state index is 13.3. The fourth-order valence-corrected chi connectivity index (χ4v) is 3.15. The molecule has 1 aromatic carbocycles. The Morgan fingerprint density at radius 1 is 1.35 bits per heavy atom. The minimum Gasteiger partial charge on any atom is -0.324 e. The van der Waals surface area contributed by atoms with Crippen LogP contribution in [0, 0.1) is 12.7 Å². The summed E-state index contributed by atoms with van der Waals surface area (Å²) in [5.74, 6) is 1.23. The van der Waals surface area contributed by atoms with Gasteiger partial charge < -0.3 is 10.3 Å². The van der Waals surface area contributed by atoms with E-state index in [0.29, 0.717) is 12.3 Å². The van der Waals surface area contributed by atoms with Gasteiger partial charge in [0, 0.05) is 11.8 Å². The van der Waals surface area contributed by atoms with Crippen molar-refractivity contribution in [2.45, 2.75) is 44.3 Å². The fraction of sp³-hybridized carbons (Fsp3) is 0.429. The number of thioether (sulfide) groups is 1. The van der Waals surface area contributed by atoms with E-state index in [1.54, 1.807) is 23.9 Å². The van der Waals surface area contributed by atoms with E-state index in [0.717, 1.165) is 22.1 Å². The molecule has 4 nitrogen and oxygen atoms in total. The highest BCUT2D eigenvalue weighted by atomic mass is 32.2. The third kappa shape index (κ3) is 3.19. The summed E-state index contributed by atoms with van der Waals surface area (Å²) in [7, 11) is 0. The van der Waals surface area contributed by atoms with Gasteiger partial charge in [-0.15, -0.1) is 10.2 Å². The second-order valence-corrected chi connectivity index (χ2v) is 5.87. The summed E-state index contributed by atoms with van der Waals surface area (Å²) in [5.41, 5.74) is 7.72. The van der Waals surface area contributed by atoms with Gasteiger partial charge in [0.15, 0.2) is 5.16 Å². The van der Waals surface area contributed by atoms with Crippen LogP contribution in [0.2, 0.25) is 0 Å². The van der Waals surface area contributed by atoms with Gasteiger partial charge in [0.25, 0.3) is 0 Å². The Kier molecular flexibility index (Phi) is 4.77. The lowest BCUT2D eigenvalue weighted by molar-refractivity contribution is 0.526. The average molecular weight is 294 g/mol. The van der Waals surface area contributed by atoms with E-state index in [4.69, 9.17) is 5.73 Å². The van der Waals surface area contributed by atoms with Gasteiger partial charge in [0.1, 0.15) is 11.6 Å². The van der Waals surface area contributed by atoms with Crippen molar-refractivity contribution in [1.82, 2.24) is 14.8 Å². The second-order valence-electron chi connectivity index (χ2n) is 4.93. The van der Waals surface area contributed by atoms with Gasteiger partial charge in [-0.25, -0.2) is 4.39 Å². The average Bonchev–Trinajstić information content (AvgIpc) is 2.83. The molecule has 0 amide bonds. The van der Waals surface area contributed by atoms with Crippen LogP contribution < -0.4 is 5.73 Å². The lowest BCUT2D eigenvalue weighted by Gasteiger charge is -2.13. The number of hydrogen-bond donors (Lipinski definition) is 1. The van der Waals surface area contributed by atoms with Crippen molar-refractivity contribution in [2.24, 2.45) is 5.73 Å². The van der Waals surface area contributed by atoms with Crippen LogP contribution in [0.4, 0.5) is 4.39 Å².